The molecule has 0 aliphatic rings. The Kier molecular flexibility index (Phi) is 55.5. The number of rotatable bonds is 51. The maximum Gasteiger partial charge on any atom is 0.306 e. The summed E-state index contributed by atoms with van der Waals surface area (Å²) >= 11 is 0. The van der Waals surface area contributed by atoms with Gasteiger partial charge in [0.1, 0.15) is 13.2 Å². The van der Waals surface area contributed by atoms with Crippen molar-refractivity contribution in [2.24, 2.45) is 0 Å². The van der Waals surface area contributed by atoms with E-state index < -0.39 is 6.10 Å². The smallest absolute Gasteiger partial charge is 0.306 e. The Hall–Kier alpha value is -4.45. The molecule has 0 spiro atoms. The molecule has 0 aromatic carbocycles. The van der Waals surface area contributed by atoms with Crippen molar-refractivity contribution >= 4 is 17.9 Å². The highest BCUT2D eigenvalue weighted by molar-refractivity contribution is 5.71. The third kappa shape index (κ3) is 56.5. The number of carbonyl (C=O) groups is 3. The van der Waals surface area contributed by atoms with E-state index >= 15 is 0 Å². The molecule has 72 heavy (non-hydrogen) atoms. The zero-order valence-corrected chi connectivity index (χ0v) is 46.4. The molecule has 0 aromatic rings. The van der Waals surface area contributed by atoms with Crippen molar-refractivity contribution in [1.29, 1.82) is 0 Å². The van der Waals surface area contributed by atoms with Gasteiger partial charge in [-0.3, -0.25) is 14.4 Å². The first-order valence-corrected chi connectivity index (χ1v) is 29.2. The Labute approximate surface area is 443 Å². The Morgan fingerprint density at radius 1 is 0.292 bits per heavy atom. The van der Waals surface area contributed by atoms with Gasteiger partial charge in [-0.05, 0) is 122 Å². The number of esters is 3. The second-order valence-electron chi connectivity index (χ2n) is 18.8. The Bertz CT molecular complexity index is 1560. The zero-order chi connectivity index (χ0) is 52.2. The number of unbranched alkanes of at least 4 members (excludes halogenated alkanes) is 18. The number of hydrogen-bond donors (Lipinski definition) is 0. The van der Waals surface area contributed by atoms with Crippen LogP contribution in [0.25, 0.3) is 0 Å². The topological polar surface area (TPSA) is 78.9 Å². The first kappa shape index (κ1) is 67.5. The Balaban J connectivity index is 4.18. The number of allylic oxidation sites excluding steroid dienone is 22. The summed E-state index contributed by atoms with van der Waals surface area (Å²) < 4.78 is 16.7. The van der Waals surface area contributed by atoms with Gasteiger partial charge in [-0.1, -0.05) is 238 Å². The van der Waals surface area contributed by atoms with Crippen LogP contribution in [0.15, 0.2) is 134 Å². The highest BCUT2D eigenvalue weighted by Crippen LogP contribution is 2.13. The van der Waals surface area contributed by atoms with E-state index in [-0.39, 0.29) is 31.1 Å². The van der Waals surface area contributed by atoms with Crippen molar-refractivity contribution in [3.8, 4) is 0 Å². The van der Waals surface area contributed by atoms with Crippen molar-refractivity contribution in [3.63, 3.8) is 0 Å². The van der Waals surface area contributed by atoms with E-state index in [0.717, 1.165) is 161 Å². The van der Waals surface area contributed by atoms with Crippen molar-refractivity contribution in [1.82, 2.24) is 0 Å². The van der Waals surface area contributed by atoms with Gasteiger partial charge < -0.3 is 14.2 Å². The monoisotopic (exact) mass is 995 g/mol. The quantitative estimate of drug-likeness (QED) is 0.0261. The van der Waals surface area contributed by atoms with Crippen LogP contribution < -0.4 is 0 Å². The SMILES string of the molecule is CC/C=C\C/C=C\C/C=C\C/C=C\C/C=C\C/C=C\C/C=C\C/C=C\C/C=C\CCCCCCCC(=O)OCC(COC(=O)CCCCCCCC)OC(=O)CCCCCCC/C=C\C/C=C\CCCCC. The van der Waals surface area contributed by atoms with E-state index in [0.29, 0.717) is 19.3 Å². The molecule has 1 unspecified atom stereocenters. The fourth-order valence-corrected chi connectivity index (χ4v) is 7.52. The normalized spacial score (nSPS) is 13.1. The minimum absolute atomic E-state index is 0.0930. The van der Waals surface area contributed by atoms with Crippen LogP contribution in [0.5, 0.6) is 0 Å². The summed E-state index contributed by atoms with van der Waals surface area (Å²) in [6.45, 7) is 6.39. The highest BCUT2D eigenvalue weighted by Gasteiger charge is 2.19. The molecular weight excluding hydrogens is 889 g/mol. The summed E-state index contributed by atoms with van der Waals surface area (Å²) in [4.78, 5) is 37.8. The first-order valence-electron chi connectivity index (χ1n) is 29.2. The molecule has 6 heteroatoms. The molecule has 0 radical (unpaired) electrons. The Morgan fingerprint density at radius 2 is 0.542 bits per heavy atom. The van der Waals surface area contributed by atoms with Crippen LogP contribution >= 0.6 is 0 Å². The molecule has 0 rings (SSSR count). The van der Waals surface area contributed by atoms with E-state index in [1.165, 1.54) is 44.9 Å². The summed E-state index contributed by atoms with van der Waals surface area (Å²) in [6, 6.07) is 0. The van der Waals surface area contributed by atoms with E-state index in [1.807, 2.05) is 0 Å². The lowest BCUT2D eigenvalue weighted by atomic mass is 10.1. The van der Waals surface area contributed by atoms with Crippen LogP contribution in [0.3, 0.4) is 0 Å². The van der Waals surface area contributed by atoms with Gasteiger partial charge in [-0.15, -0.1) is 0 Å². The number of carbonyl (C=O) groups excluding carboxylic acids is 3. The van der Waals surface area contributed by atoms with Gasteiger partial charge in [0.2, 0.25) is 0 Å². The van der Waals surface area contributed by atoms with Crippen LogP contribution in [0, 0.1) is 0 Å². The lowest BCUT2D eigenvalue weighted by Crippen LogP contribution is -2.30. The maximum absolute atomic E-state index is 12.8. The molecule has 0 saturated heterocycles. The summed E-state index contributed by atoms with van der Waals surface area (Å²) in [7, 11) is 0. The molecule has 0 amide bonds. The van der Waals surface area contributed by atoms with Crippen molar-refractivity contribution in [2.75, 3.05) is 13.2 Å². The fourth-order valence-electron chi connectivity index (χ4n) is 7.52. The predicted molar refractivity (Wildman–Crippen MR) is 311 cm³/mol. The molecule has 0 fully saturated rings. The second-order valence-corrected chi connectivity index (χ2v) is 18.8. The minimum Gasteiger partial charge on any atom is -0.462 e. The molecule has 0 aromatic heterocycles. The average Bonchev–Trinajstić information content (AvgIpc) is 3.38. The predicted octanol–water partition coefficient (Wildman–Crippen LogP) is 19.8. The molecule has 6 nitrogen and oxygen atoms in total. The fraction of sp³-hybridized carbons (Fsp3) is 0.621. The maximum atomic E-state index is 12.8. The highest BCUT2D eigenvalue weighted by atomic mass is 16.6. The van der Waals surface area contributed by atoms with Crippen molar-refractivity contribution in [2.45, 2.75) is 252 Å². The summed E-state index contributed by atoms with van der Waals surface area (Å²) in [6.07, 6.45) is 83.3. The molecule has 0 heterocycles. The first-order chi connectivity index (χ1) is 35.5. The molecule has 406 valence electrons. The van der Waals surface area contributed by atoms with Gasteiger partial charge in [0.05, 0.1) is 0 Å². The molecule has 0 bridgehead atoms. The van der Waals surface area contributed by atoms with Gasteiger partial charge in [0, 0.05) is 19.3 Å². The van der Waals surface area contributed by atoms with Gasteiger partial charge in [-0.2, -0.15) is 0 Å². The number of hydrogen-bond acceptors (Lipinski definition) is 6. The molecular formula is C66H106O6. The largest absolute Gasteiger partial charge is 0.462 e. The van der Waals surface area contributed by atoms with E-state index in [2.05, 4.69) is 154 Å². The van der Waals surface area contributed by atoms with Crippen LogP contribution in [0.4, 0.5) is 0 Å². The minimum atomic E-state index is -0.794. The summed E-state index contributed by atoms with van der Waals surface area (Å²) in [5, 5.41) is 0. The van der Waals surface area contributed by atoms with Crippen LogP contribution in [0.1, 0.15) is 245 Å². The second kappa shape index (κ2) is 59.1. The molecule has 0 aliphatic heterocycles. The van der Waals surface area contributed by atoms with Gasteiger partial charge >= 0.3 is 17.9 Å². The van der Waals surface area contributed by atoms with Crippen molar-refractivity contribution in [3.05, 3.63) is 134 Å². The van der Waals surface area contributed by atoms with Gasteiger partial charge in [0.25, 0.3) is 0 Å². The van der Waals surface area contributed by atoms with Crippen LogP contribution in [-0.2, 0) is 28.6 Å². The van der Waals surface area contributed by atoms with Crippen LogP contribution in [0.2, 0.25) is 0 Å². The average molecular weight is 996 g/mol. The van der Waals surface area contributed by atoms with E-state index in [1.54, 1.807) is 0 Å². The molecule has 0 aliphatic carbocycles. The summed E-state index contributed by atoms with van der Waals surface area (Å²) in [5.41, 5.74) is 0. The van der Waals surface area contributed by atoms with Gasteiger partial charge in [0.15, 0.2) is 6.10 Å². The third-order valence-electron chi connectivity index (χ3n) is 11.9. The zero-order valence-electron chi connectivity index (χ0n) is 46.4. The standard InChI is InChI=1S/C66H106O6/c1-4-7-10-13-16-18-20-22-24-25-26-27-28-29-30-31-32-33-34-35-36-37-38-39-40-41-43-44-46-48-50-53-56-59-65(68)71-62-63(61-70-64(67)58-55-52-15-12-9-6-3)72-66(69)60-57-54-51-49-47-45-42-23-21-19-17-14-11-8-5-2/h7,10,16-19,22-24,26-27,29-30,32-33,35-36,38-39,41-43,63H,4-6,8-9,11-15,20-21,25,28,31,34,37,40,44-62H2,1-3H3/b10-7-,18-16-,19-17-,24-22-,27-26-,30-29-,33-32-,36-35-,39-38-,42-23-,43-41-. The van der Waals surface area contributed by atoms with Gasteiger partial charge in [-0.25, -0.2) is 0 Å². The van der Waals surface area contributed by atoms with Crippen molar-refractivity contribution < 1.29 is 28.6 Å². The lowest BCUT2D eigenvalue weighted by molar-refractivity contribution is -0.167. The molecule has 0 N–H and O–H groups in total. The molecule has 1 atom stereocenters. The van der Waals surface area contributed by atoms with E-state index in [9.17, 15) is 14.4 Å². The lowest BCUT2D eigenvalue weighted by Gasteiger charge is -2.18. The summed E-state index contributed by atoms with van der Waals surface area (Å²) in [5.74, 6) is -0.942. The van der Waals surface area contributed by atoms with E-state index in [4.69, 9.17) is 14.2 Å². The number of ether oxygens (including phenoxy) is 3. The Morgan fingerprint density at radius 3 is 0.875 bits per heavy atom. The third-order valence-corrected chi connectivity index (χ3v) is 11.9. The van der Waals surface area contributed by atoms with Crippen LogP contribution in [-0.4, -0.2) is 37.2 Å². The molecule has 0 saturated carbocycles.